The lowest BCUT2D eigenvalue weighted by Gasteiger charge is -2.26. The third-order valence-corrected chi connectivity index (χ3v) is 2.37. The van der Waals surface area contributed by atoms with Crippen LogP contribution >= 0.6 is 0 Å². The number of ether oxygens (including phenoxy) is 2. The highest BCUT2D eigenvalue weighted by atomic mass is 16.6. The van der Waals surface area contributed by atoms with E-state index in [1.54, 1.807) is 7.11 Å². The molecule has 5 heteroatoms. The Bertz CT molecular complexity index is 238. The average molecular weight is 230 g/mol. The van der Waals surface area contributed by atoms with Gasteiger partial charge in [0.15, 0.2) is 0 Å². The Morgan fingerprint density at radius 2 is 2.19 bits per heavy atom. The molecule has 1 saturated heterocycles. The SMILES string of the molecule is COC[C@@H]1CCCN1NC(=O)OC(C)(C)C. The molecule has 1 fully saturated rings. The van der Waals surface area contributed by atoms with Gasteiger partial charge in [-0.3, -0.25) is 5.43 Å². The first-order chi connectivity index (χ1) is 7.42. The van der Waals surface area contributed by atoms with Crippen molar-refractivity contribution >= 4 is 6.09 Å². The fraction of sp³-hybridized carbons (Fsp3) is 0.909. The number of hydrogen-bond donors (Lipinski definition) is 1. The van der Waals surface area contributed by atoms with Crippen molar-refractivity contribution in [2.75, 3.05) is 20.3 Å². The van der Waals surface area contributed by atoms with Crippen LogP contribution in [-0.4, -0.2) is 43.0 Å². The summed E-state index contributed by atoms with van der Waals surface area (Å²) in [6.45, 7) is 7.04. The first-order valence-corrected chi connectivity index (χ1v) is 5.67. The van der Waals surface area contributed by atoms with Gasteiger partial charge in [0, 0.05) is 13.7 Å². The quantitative estimate of drug-likeness (QED) is 0.799. The number of hydrogen-bond acceptors (Lipinski definition) is 4. The average Bonchev–Trinajstić information content (AvgIpc) is 2.50. The summed E-state index contributed by atoms with van der Waals surface area (Å²) in [6.07, 6.45) is 1.73. The fourth-order valence-electron chi connectivity index (χ4n) is 1.77. The number of rotatable bonds is 3. The maximum absolute atomic E-state index is 11.5. The Morgan fingerprint density at radius 1 is 1.50 bits per heavy atom. The van der Waals surface area contributed by atoms with Gasteiger partial charge in [0.2, 0.25) is 0 Å². The van der Waals surface area contributed by atoms with Crippen LogP contribution in [0.3, 0.4) is 0 Å². The maximum atomic E-state index is 11.5. The number of hydrazine groups is 1. The topological polar surface area (TPSA) is 50.8 Å². The minimum atomic E-state index is -0.458. The minimum Gasteiger partial charge on any atom is -0.443 e. The normalized spacial score (nSPS) is 22.1. The van der Waals surface area contributed by atoms with Crippen LogP contribution < -0.4 is 5.43 Å². The summed E-state index contributed by atoms with van der Waals surface area (Å²) in [5.41, 5.74) is 2.30. The van der Waals surface area contributed by atoms with Gasteiger partial charge in [-0.1, -0.05) is 0 Å². The molecule has 5 nitrogen and oxygen atoms in total. The molecule has 0 aromatic heterocycles. The Morgan fingerprint density at radius 3 is 2.75 bits per heavy atom. The van der Waals surface area contributed by atoms with E-state index in [4.69, 9.17) is 9.47 Å². The van der Waals surface area contributed by atoms with E-state index in [1.807, 2.05) is 25.8 Å². The van der Waals surface area contributed by atoms with Gasteiger partial charge in [0.05, 0.1) is 12.6 Å². The minimum absolute atomic E-state index is 0.262. The van der Waals surface area contributed by atoms with Crippen molar-refractivity contribution in [1.29, 1.82) is 0 Å². The molecular weight excluding hydrogens is 208 g/mol. The van der Waals surface area contributed by atoms with E-state index in [0.717, 1.165) is 19.4 Å². The van der Waals surface area contributed by atoms with E-state index in [1.165, 1.54) is 0 Å². The molecule has 0 unspecified atom stereocenters. The van der Waals surface area contributed by atoms with Gasteiger partial charge in [-0.2, -0.15) is 0 Å². The molecule has 1 amide bonds. The fourth-order valence-corrected chi connectivity index (χ4v) is 1.77. The zero-order chi connectivity index (χ0) is 12.2. The number of nitrogens with zero attached hydrogens (tertiary/aromatic N) is 1. The van der Waals surface area contributed by atoms with E-state index >= 15 is 0 Å². The largest absolute Gasteiger partial charge is 0.443 e. The van der Waals surface area contributed by atoms with Crippen molar-refractivity contribution < 1.29 is 14.3 Å². The molecule has 0 aromatic rings. The molecular formula is C11H22N2O3. The van der Waals surface area contributed by atoms with Gasteiger partial charge in [0.25, 0.3) is 0 Å². The van der Waals surface area contributed by atoms with Gasteiger partial charge in [-0.25, -0.2) is 9.80 Å². The summed E-state index contributed by atoms with van der Waals surface area (Å²) in [7, 11) is 1.67. The van der Waals surface area contributed by atoms with Gasteiger partial charge in [0.1, 0.15) is 5.60 Å². The predicted octanol–water partition coefficient (Wildman–Crippen LogP) is 1.54. The lowest BCUT2D eigenvalue weighted by molar-refractivity contribution is 0.0225. The Balaban J connectivity index is 2.38. The second-order valence-electron chi connectivity index (χ2n) is 5.06. The van der Waals surface area contributed by atoms with Crippen molar-refractivity contribution in [3.05, 3.63) is 0 Å². The lowest BCUT2D eigenvalue weighted by Crippen LogP contribution is -2.48. The summed E-state index contributed by atoms with van der Waals surface area (Å²) >= 11 is 0. The molecule has 0 aromatic carbocycles. The molecule has 94 valence electrons. The Labute approximate surface area is 97.1 Å². The summed E-state index contributed by atoms with van der Waals surface area (Å²) in [6, 6.07) is 0.262. The van der Waals surface area contributed by atoms with E-state index in [9.17, 15) is 4.79 Å². The third kappa shape index (κ3) is 4.37. The highest BCUT2D eigenvalue weighted by Gasteiger charge is 2.27. The second-order valence-corrected chi connectivity index (χ2v) is 5.06. The van der Waals surface area contributed by atoms with E-state index < -0.39 is 11.7 Å². The van der Waals surface area contributed by atoms with Crippen molar-refractivity contribution in [3.63, 3.8) is 0 Å². The standard InChI is InChI=1S/C11H22N2O3/c1-11(2,3)16-10(14)12-13-7-5-6-9(13)8-15-4/h9H,5-8H2,1-4H3,(H,12,14)/t9-/m0/s1. The Hall–Kier alpha value is -0.810. The molecule has 0 radical (unpaired) electrons. The van der Waals surface area contributed by atoms with E-state index in [0.29, 0.717) is 6.61 Å². The summed E-state index contributed by atoms with van der Waals surface area (Å²) in [5, 5.41) is 1.90. The molecule has 16 heavy (non-hydrogen) atoms. The molecule has 1 aliphatic heterocycles. The van der Waals surface area contributed by atoms with Crippen molar-refractivity contribution in [3.8, 4) is 0 Å². The number of methoxy groups -OCH3 is 1. The first-order valence-electron chi connectivity index (χ1n) is 5.67. The summed E-state index contributed by atoms with van der Waals surface area (Å²) in [4.78, 5) is 11.5. The number of carbonyl (C=O) groups is 1. The number of nitrogens with one attached hydrogen (secondary N) is 1. The van der Waals surface area contributed by atoms with E-state index in [2.05, 4.69) is 5.43 Å². The van der Waals surface area contributed by atoms with Crippen LogP contribution in [0, 0.1) is 0 Å². The van der Waals surface area contributed by atoms with Crippen LogP contribution in [0.1, 0.15) is 33.6 Å². The maximum Gasteiger partial charge on any atom is 0.422 e. The monoisotopic (exact) mass is 230 g/mol. The highest BCUT2D eigenvalue weighted by Crippen LogP contribution is 2.15. The van der Waals surface area contributed by atoms with Crippen LogP contribution in [-0.2, 0) is 9.47 Å². The first kappa shape index (κ1) is 13.3. The molecule has 0 bridgehead atoms. The Kier molecular flexibility index (Phi) is 4.56. The summed E-state index contributed by atoms with van der Waals surface area (Å²) in [5.74, 6) is 0. The number of carbonyl (C=O) groups excluding carboxylic acids is 1. The van der Waals surface area contributed by atoms with Gasteiger partial charge in [-0.05, 0) is 33.6 Å². The van der Waals surface area contributed by atoms with Crippen LogP contribution in [0.25, 0.3) is 0 Å². The summed E-state index contributed by atoms with van der Waals surface area (Å²) < 4.78 is 10.3. The van der Waals surface area contributed by atoms with Crippen molar-refractivity contribution in [1.82, 2.24) is 10.4 Å². The van der Waals surface area contributed by atoms with E-state index in [-0.39, 0.29) is 6.04 Å². The van der Waals surface area contributed by atoms with Crippen molar-refractivity contribution in [2.24, 2.45) is 0 Å². The smallest absolute Gasteiger partial charge is 0.422 e. The molecule has 1 N–H and O–H groups in total. The van der Waals surface area contributed by atoms with Crippen LogP contribution in [0.5, 0.6) is 0 Å². The van der Waals surface area contributed by atoms with Crippen LogP contribution in [0.15, 0.2) is 0 Å². The molecule has 0 aliphatic carbocycles. The van der Waals surface area contributed by atoms with Crippen LogP contribution in [0.2, 0.25) is 0 Å². The second kappa shape index (κ2) is 5.50. The van der Waals surface area contributed by atoms with Gasteiger partial charge < -0.3 is 9.47 Å². The van der Waals surface area contributed by atoms with Gasteiger partial charge in [-0.15, -0.1) is 0 Å². The third-order valence-electron chi connectivity index (χ3n) is 2.37. The highest BCUT2D eigenvalue weighted by molar-refractivity contribution is 5.67. The number of amides is 1. The molecule has 1 aliphatic rings. The lowest BCUT2D eigenvalue weighted by atomic mass is 10.2. The van der Waals surface area contributed by atoms with Crippen LogP contribution in [0.4, 0.5) is 4.79 Å². The predicted molar refractivity (Wildman–Crippen MR) is 61.0 cm³/mol. The molecule has 1 rings (SSSR count). The molecule has 1 atom stereocenters. The zero-order valence-electron chi connectivity index (χ0n) is 10.6. The molecule has 0 spiro atoms. The van der Waals surface area contributed by atoms with Gasteiger partial charge >= 0.3 is 6.09 Å². The molecule has 0 saturated carbocycles. The molecule has 1 heterocycles. The zero-order valence-corrected chi connectivity index (χ0v) is 10.6. The van der Waals surface area contributed by atoms with Crippen molar-refractivity contribution in [2.45, 2.75) is 45.3 Å².